The number of aromatic nitrogens is 2. The Bertz CT molecular complexity index is 1030. The second kappa shape index (κ2) is 9.18. The molecule has 3 rings (SSSR count). The van der Waals surface area contributed by atoms with Crippen molar-refractivity contribution in [3.05, 3.63) is 69.1 Å². The molecule has 0 bridgehead atoms. The number of aliphatic hydroxyl groups excluding tert-OH is 1. The van der Waals surface area contributed by atoms with Crippen LogP contribution < -0.4 is 11.0 Å². The van der Waals surface area contributed by atoms with Crippen molar-refractivity contribution in [3.8, 4) is 0 Å². The Morgan fingerprint density at radius 2 is 2.10 bits per heavy atom. The van der Waals surface area contributed by atoms with Crippen molar-refractivity contribution in [2.24, 2.45) is 5.11 Å². The van der Waals surface area contributed by atoms with Gasteiger partial charge in [-0.15, -0.1) is 0 Å². The van der Waals surface area contributed by atoms with Crippen molar-refractivity contribution in [1.82, 2.24) is 9.55 Å². The van der Waals surface area contributed by atoms with E-state index in [9.17, 15) is 19.5 Å². The Hall–Kier alpha value is -3.73. The van der Waals surface area contributed by atoms with E-state index >= 15 is 0 Å². The number of nitrogens with zero attached hydrogens (tertiary/aromatic N) is 5. The zero-order valence-electron chi connectivity index (χ0n) is 15.8. The Labute approximate surface area is 169 Å². The lowest BCUT2D eigenvalue weighted by atomic mass is 10.1. The summed E-state index contributed by atoms with van der Waals surface area (Å²) >= 11 is 0. The molecular formula is C18H18N6O6. The number of hydrogen-bond acceptors (Lipinski definition) is 8. The lowest BCUT2D eigenvalue weighted by Crippen LogP contribution is -2.38. The number of carbonyl (C=O) groups is 2. The normalized spacial score (nSPS) is 22.7. The highest BCUT2D eigenvalue weighted by Crippen LogP contribution is 2.33. The van der Waals surface area contributed by atoms with Crippen molar-refractivity contribution in [1.29, 1.82) is 0 Å². The van der Waals surface area contributed by atoms with E-state index in [2.05, 4.69) is 20.3 Å². The highest BCUT2D eigenvalue weighted by molar-refractivity contribution is 6.03. The molecule has 0 spiro atoms. The average molecular weight is 414 g/mol. The molecule has 4 atom stereocenters. The van der Waals surface area contributed by atoms with E-state index in [4.69, 9.17) is 15.0 Å². The van der Waals surface area contributed by atoms with Crippen LogP contribution >= 0.6 is 0 Å². The van der Waals surface area contributed by atoms with E-state index in [1.54, 1.807) is 30.3 Å². The molecule has 0 unspecified atom stereocenters. The van der Waals surface area contributed by atoms with E-state index in [1.165, 1.54) is 12.3 Å². The van der Waals surface area contributed by atoms with Crippen molar-refractivity contribution >= 4 is 17.7 Å². The Morgan fingerprint density at radius 3 is 2.70 bits per heavy atom. The molecule has 1 aliphatic rings. The lowest BCUT2D eigenvalue weighted by Gasteiger charge is -2.22. The van der Waals surface area contributed by atoms with Gasteiger partial charge in [0, 0.05) is 23.6 Å². The van der Waals surface area contributed by atoms with Gasteiger partial charge in [0.05, 0.1) is 12.7 Å². The van der Waals surface area contributed by atoms with Gasteiger partial charge < -0.3 is 19.9 Å². The van der Waals surface area contributed by atoms with Crippen LogP contribution in [0.25, 0.3) is 10.4 Å². The Balaban J connectivity index is 1.87. The number of rotatable bonds is 6. The van der Waals surface area contributed by atoms with Crippen LogP contribution in [-0.2, 0) is 14.3 Å². The predicted octanol–water partition coefficient (Wildman–Crippen LogP) is 0.996. The number of hydrogen-bond donors (Lipinski definition) is 2. The highest BCUT2D eigenvalue weighted by Gasteiger charge is 2.47. The third kappa shape index (κ3) is 4.46. The summed E-state index contributed by atoms with van der Waals surface area (Å²) in [5.41, 5.74) is 8.36. The number of nitrogens with one attached hydrogen (secondary N) is 1. The maximum absolute atomic E-state index is 12.6. The number of azide groups is 1. The number of carbonyl (C=O) groups excluding carboxylic acids is 2. The van der Waals surface area contributed by atoms with Crippen molar-refractivity contribution in [2.75, 3.05) is 11.9 Å². The van der Waals surface area contributed by atoms with Crippen LogP contribution in [-0.4, -0.2) is 51.4 Å². The molecule has 0 saturated carbocycles. The lowest BCUT2D eigenvalue weighted by molar-refractivity contribution is -0.153. The fourth-order valence-corrected chi connectivity index (χ4v) is 3.07. The number of amides is 1. The zero-order chi connectivity index (χ0) is 21.7. The number of esters is 1. The number of ether oxygens (including phenoxy) is 2. The quantitative estimate of drug-likeness (QED) is 0.307. The zero-order valence-corrected chi connectivity index (χ0v) is 15.8. The first kappa shape index (κ1) is 21.0. The van der Waals surface area contributed by atoms with Gasteiger partial charge in [0.2, 0.25) is 0 Å². The Kier molecular flexibility index (Phi) is 6.42. The maximum Gasteiger partial charge on any atom is 0.351 e. The van der Waals surface area contributed by atoms with Gasteiger partial charge in [-0.1, -0.05) is 23.3 Å². The molecule has 1 fully saturated rings. The largest absolute Gasteiger partial charge is 0.457 e. The third-order valence-corrected chi connectivity index (χ3v) is 4.36. The smallest absolute Gasteiger partial charge is 0.351 e. The summed E-state index contributed by atoms with van der Waals surface area (Å²) in [4.78, 5) is 42.8. The SMILES string of the molecule is CC(=O)O[C@@H]1[C@H](N=[N+]=[N-])[C@@H](CO)O[C@H]1n1ccc(NC(=O)c2ccccc2)nc1=O. The van der Waals surface area contributed by atoms with E-state index in [0.29, 0.717) is 5.56 Å². The summed E-state index contributed by atoms with van der Waals surface area (Å²) in [6.45, 7) is 0.630. The number of aliphatic hydroxyl groups is 1. The topological polar surface area (TPSA) is 169 Å². The van der Waals surface area contributed by atoms with E-state index in [1.807, 2.05) is 0 Å². The van der Waals surface area contributed by atoms with Crippen LogP contribution in [0.4, 0.5) is 5.82 Å². The van der Waals surface area contributed by atoms with E-state index in [0.717, 1.165) is 11.5 Å². The van der Waals surface area contributed by atoms with Crippen LogP contribution in [0, 0.1) is 0 Å². The molecule has 1 saturated heterocycles. The third-order valence-electron chi connectivity index (χ3n) is 4.36. The molecule has 1 aromatic heterocycles. The molecule has 1 aromatic carbocycles. The number of anilines is 1. The van der Waals surface area contributed by atoms with Crippen LogP contribution in [0.1, 0.15) is 23.5 Å². The molecule has 2 heterocycles. The van der Waals surface area contributed by atoms with Gasteiger partial charge in [0.1, 0.15) is 11.9 Å². The van der Waals surface area contributed by atoms with Crippen LogP contribution in [0.5, 0.6) is 0 Å². The Morgan fingerprint density at radius 1 is 1.37 bits per heavy atom. The predicted molar refractivity (Wildman–Crippen MR) is 102 cm³/mol. The molecule has 12 nitrogen and oxygen atoms in total. The molecule has 1 aliphatic heterocycles. The summed E-state index contributed by atoms with van der Waals surface area (Å²) in [6, 6.07) is 8.70. The summed E-state index contributed by atoms with van der Waals surface area (Å²) < 4.78 is 11.8. The molecule has 0 radical (unpaired) electrons. The summed E-state index contributed by atoms with van der Waals surface area (Å²) in [5, 5.41) is 15.5. The monoisotopic (exact) mass is 414 g/mol. The highest BCUT2D eigenvalue weighted by atomic mass is 16.6. The fourth-order valence-electron chi connectivity index (χ4n) is 3.07. The van der Waals surface area contributed by atoms with Gasteiger partial charge in [-0.25, -0.2) is 4.79 Å². The van der Waals surface area contributed by atoms with Gasteiger partial charge in [0.25, 0.3) is 5.91 Å². The van der Waals surface area contributed by atoms with Gasteiger partial charge in [-0.2, -0.15) is 4.98 Å². The fraction of sp³-hybridized carbons (Fsp3) is 0.333. The molecule has 2 aromatic rings. The minimum absolute atomic E-state index is 0.0115. The molecule has 2 N–H and O–H groups in total. The summed E-state index contributed by atoms with van der Waals surface area (Å²) in [7, 11) is 0. The molecule has 30 heavy (non-hydrogen) atoms. The second-order valence-corrected chi connectivity index (χ2v) is 6.34. The van der Waals surface area contributed by atoms with Crippen LogP contribution in [0.3, 0.4) is 0 Å². The molecule has 0 aliphatic carbocycles. The molecule has 12 heteroatoms. The molecule has 156 valence electrons. The van der Waals surface area contributed by atoms with E-state index in [-0.39, 0.29) is 5.82 Å². The first-order valence-corrected chi connectivity index (χ1v) is 8.88. The van der Waals surface area contributed by atoms with Crippen LogP contribution in [0.15, 0.2) is 52.5 Å². The average Bonchev–Trinajstić information content (AvgIpc) is 3.05. The van der Waals surface area contributed by atoms with Gasteiger partial charge in [-0.05, 0) is 23.7 Å². The number of benzene rings is 1. The van der Waals surface area contributed by atoms with Gasteiger partial charge >= 0.3 is 11.7 Å². The molecular weight excluding hydrogens is 396 g/mol. The van der Waals surface area contributed by atoms with Gasteiger partial charge in [0.15, 0.2) is 12.3 Å². The summed E-state index contributed by atoms with van der Waals surface area (Å²) in [5.74, 6) is -1.12. The van der Waals surface area contributed by atoms with Crippen LogP contribution in [0.2, 0.25) is 0 Å². The van der Waals surface area contributed by atoms with E-state index < -0.39 is 48.7 Å². The molecule has 1 amide bonds. The first-order chi connectivity index (χ1) is 14.4. The summed E-state index contributed by atoms with van der Waals surface area (Å²) in [6.07, 6.45) is -2.02. The maximum atomic E-state index is 12.6. The minimum atomic E-state index is -1.18. The second-order valence-electron chi connectivity index (χ2n) is 6.34. The standard InChI is InChI=1S/C18H18N6O6/c1-10(26)29-15-14(22-23-19)12(9-25)30-17(15)24-8-7-13(21-18(24)28)20-16(27)11-5-3-2-4-6-11/h2-8,12,14-15,17,25H,9H2,1H3,(H,20,21,27,28)/t12-,14-,15-,17-/m1/s1. The van der Waals surface area contributed by atoms with Crippen molar-refractivity contribution < 1.29 is 24.2 Å². The first-order valence-electron chi connectivity index (χ1n) is 8.88. The minimum Gasteiger partial charge on any atom is -0.457 e. The van der Waals surface area contributed by atoms with Crippen molar-refractivity contribution in [3.63, 3.8) is 0 Å². The van der Waals surface area contributed by atoms with Gasteiger partial charge in [-0.3, -0.25) is 14.2 Å². The van der Waals surface area contributed by atoms with Crippen molar-refractivity contribution in [2.45, 2.75) is 31.4 Å².